The van der Waals surface area contributed by atoms with Crippen molar-refractivity contribution < 1.29 is 27.8 Å². The van der Waals surface area contributed by atoms with Crippen LogP contribution in [-0.2, 0) is 14.8 Å². The number of hydrogen-bond acceptors (Lipinski definition) is 6. The zero-order valence-electron chi connectivity index (χ0n) is 16.9. The van der Waals surface area contributed by atoms with Gasteiger partial charge in [-0.2, -0.15) is 4.31 Å². The number of likely N-dealkylation sites (N-methyl/N-ethyl adjacent to an activating group) is 1. The molecular weight excluding hydrogens is 420 g/mol. The average Bonchev–Trinajstić information content (AvgIpc) is 3.00. The third-order valence-corrected chi connectivity index (χ3v) is 6.77. The van der Waals surface area contributed by atoms with Gasteiger partial charge >= 0.3 is 0 Å². The van der Waals surface area contributed by atoms with Crippen LogP contribution in [0.25, 0.3) is 10.8 Å². The number of fused-ring (bicyclic) bond motifs is 2. The molecule has 1 heterocycles. The van der Waals surface area contributed by atoms with Gasteiger partial charge < -0.3 is 19.9 Å². The van der Waals surface area contributed by atoms with Crippen molar-refractivity contribution in [1.29, 1.82) is 0 Å². The second kappa shape index (κ2) is 8.44. The van der Waals surface area contributed by atoms with Gasteiger partial charge in [-0.1, -0.05) is 24.3 Å². The molecule has 8 nitrogen and oxygen atoms in total. The minimum Gasteiger partial charge on any atom is -0.507 e. The molecule has 0 aliphatic carbocycles. The van der Waals surface area contributed by atoms with Crippen LogP contribution in [0.2, 0.25) is 0 Å². The molecule has 3 aromatic carbocycles. The SMILES string of the molecule is CN(CC(=O)Nc1ccc(O)c2ccccc12)S(=O)(=O)c1ccc2c(c1)OCCCO2. The van der Waals surface area contributed by atoms with Crippen LogP contribution < -0.4 is 14.8 Å². The van der Waals surface area contributed by atoms with Crippen molar-refractivity contribution in [2.75, 3.05) is 32.1 Å². The lowest BCUT2D eigenvalue weighted by molar-refractivity contribution is -0.116. The Morgan fingerprint density at radius 1 is 1.03 bits per heavy atom. The molecule has 3 aromatic rings. The normalized spacial score (nSPS) is 13.7. The molecule has 0 saturated heterocycles. The second-order valence-corrected chi connectivity index (χ2v) is 9.19. The van der Waals surface area contributed by atoms with E-state index >= 15 is 0 Å². The lowest BCUT2D eigenvalue weighted by Gasteiger charge is -2.18. The van der Waals surface area contributed by atoms with Gasteiger partial charge in [-0.15, -0.1) is 0 Å². The molecule has 4 rings (SSSR count). The topological polar surface area (TPSA) is 105 Å². The standard InChI is InChI=1S/C22H22N2O6S/c1-24(31(27,28)15-7-10-20-21(13-15)30-12-4-11-29-20)14-22(26)23-18-8-9-19(25)17-6-3-2-5-16(17)18/h2-3,5-10,13,25H,4,11-12,14H2,1H3,(H,23,26). The van der Waals surface area contributed by atoms with Crippen LogP contribution in [0, 0.1) is 0 Å². The van der Waals surface area contributed by atoms with Crippen LogP contribution in [0.15, 0.2) is 59.5 Å². The second-order valence-electron chi connectivity index (χ2n) is 7.15. The smallest absolute Gasteiger partial charge is 0.243 e. The van der Waals surface area contributed by atoms with Crippen LogP contribution >= 0.6 is 0 Å². The van der Waals surface area contributed by atoms with Gasteiger partial charge in [-0.3, -0.25) is 4.79 Å². The Balaban J connectivity index is 1.51. The molecule has 0 aromatic heterocycles. The number of phenols is 1. The van der Waals surface area contributed by atoms with E-state index in [1.54, 1.807) is 36.4 Å². The first kappa shape index (κ1) is 21.0. The zero-order valence-corrected chi connectivity index (χ0v) is 17.7. The average molecular weight is 442 g/mol. The number of phenolic OH excluding ortho intramolecular Hbond substituents is 1. The summed E-state index contributed by atoms with van der Waals surface area (Å²) in [4.78, 5) is 12.6. The molecule has 0 spiro atoms. The fraction of sp³-hybridized carbons (Fsp3) is 0.227. The van der Waals surface area contributed by atoms with Gasteiger partial charge in [-0.25, -0.2) is 8.42 Å². The maximum atomic E-state index is 13.0. The molecule has 31 heavy (non-hydrogen) atoms. The molecule has 0 saturated carbocycles. The van der Waals surface area contributed by atoms with E-state index in [9.17, 15) is 18.3 Å². The van der Waals surface area contributed by atoms with Crippen molar-refractivity contribution in [2.45, 2.75) is 11.3 Å². The summed E-state index contributed by atoms with van der Waals surface area (Å²) in [6.45, 7) is 0.562. The number of anilines is 1. The first-order valence-electron chi connectivity index (χ1n) is 9.73. The van der Waals surface area contributed by atoms with E-state index in [2.05, 4.69) is 5.32 Å². The van der Waals surface area contributed by atoms with Crippen LogP contribution in [0.3, 0.4) is 0 Å². The van der Waals surface area contributed by atoms with Gasteiger partial charge in [0.15, 0.2) is 11.5 Å². The summed E-state index contributed by atoms with van der Waals surface area (Å²) in [6, 6.07) is 14.5. The molecule has 1 aliphatic rings. The molecule has 9 heteroatoms. The van der Waals surface area contributed by atoms with Crippen molar-refractivity contribution in [3.63, 3.8) is 0 Å². The number of carbonyl (C=O) groups excluding carboxylic acids is 1. The molecule has 162 valence electrons. The molecule has 1 amide bonds. The van der Waals surface area contributed by atoms with E-state index in [0.29, 0.717) is 47.6 Å². The highest BCUT2D eigenvalue weighted by atomic mass is 32.2. The highest BCUT2D eigenvalue weighted by molar-refractivity contribution is 7.89. The van der Waals surface area contributed by atoms with Gasteiger partial charge in [0, 0.05) is 36.0 Å². The van der Waals surface area contributed by atoms with Crippen molar-refractivity contribution in [1.82, 2.24) is 4.31 Å². The van der Waals surface area contributed by atoms with Crippen LogP contribution in [0.4, 0.5) is 5.69 Å². The summed E-state index contributed by atoms with van der Waals surface area (Å²) < 4.78 is 38.0. The summed E-state index contributed by atoms with van der Waals surface area (Å²) in [5.41, 5.74) is 0.486. The summed E-state index contributed by atoms with van der Waals surface area (Å²) in [5.74, 6) is 0.460. The Morgan fingerprint density at radius 3 is 2.52 bits per heavy atom. The van der Waals surface area contributed by atoms with Crippen molar-refractivity contribution in [3.05, 3.63) is 54.6 Å². The van der Waals surface area contributed by atoms with E-state index < -0.39 is 15.9 Å². The van der Waals surface area contributed by atoms with Gasteiger partial charge in [-0.05, 0) is 24.3 Å². The summed E-state index contributed by atoms with van der Waals surface area (Å²) in [5, 5.41) is 14.0. The number of carbonyl (C=O) groups is 1. The number of sulfonamides is 1. The third-order valence-electron chi connectivity index (χ3n) is 4.97. The highest BCUT2D eigenvalue weighted by Gasteiger charge is 2.25. The minimum atomic E-state index is -3.92. The van der Waals surface area contributed by atoms with Crippen molar-refractivity contribution in [2.24, 2.45) is 0 Å². The molecule has 0 bridgehead atoms. The van der Waals surface area contributed by atoms with E-state index in [-0.39, 0.29) is 17.2 Å². The number of ether oxygens (including phenoxy) is 2. The Labute approximate surface area is 180 Å². The lowest BCUT2D eigenvalue weighted by Crippen LogP contribution is -2.35. The van der Waals surface area contributed by atoms with Gasteiger partial charge in [0.25, 0.3) is 0 Å². The van der Waals surface area contributed by atoms with Crippen LogP contribution in [-0.4, -0.2) is 50.5 Å². The first-order chi connectivity index (χ1) is 14.9. The van der Waals surface area contributed by atoms with Crippen LogP contribution in [0.1, 0.15) is 6.42 Å². The molecule has 0 unspecified atom stereocenters. The zero-order chi connectivity index (χ0) is 22.0. The van der Waals surface area contributed by atoms with E-state index in [1.807, 2.05) is 0 Å². The molecule has 0 atom stereocenters. The molecule has 0 radical (unpaired) electrons. The highest BCUT2D eigenvalue weighted by Crippen LogP contribution is 2.33. The fourth-order valence-corrected chi connectivity index (χ4v) is 4.50. The Bertz CT molecular complexity index is 1240. The Hall–Kier alpha value is -3.30. The minimum absolute atomic E-state index is 0.0159. The maximum absolute atomic E-state index is 13.0. The van der Waals surface area contributed by atoms with Crippen LogP contribution in [0.5, 0.6) is 17.2 Å². The quantitative estimate of drug-likeness (QED) is 0.589. The fourth-order valence-electron chi connectivity index (χ4n) is 3.35. The summed E-state index contributed by atoms with van der Waals surface area (Å²) in [6.07, 6.45) is 0.711. The van der Waals surface area contributed by atoms with Gasteiger partial charge in [0.1, 0.15) is 5.75 Å². The predicted molar refractivity (Wildman–Crippen MR) is 116 cm³/mol. The van der Waals surface area contributed by atoms with E-state index in [1.165, 1.54) is 25.2 Å². The van der Waals surface area contributed by atoms with E-state index in [4.69, 9.17) is 9.47 Å². The van der Waals surface area contributed by atoms with Gasteiger partial charge in [0.05, 0.1) is 24.7 Å². The third kappa shape index (κ3) is 4.28. The predicted octanol–water partition coefficient (Wildman–Crippen LogP) is 2.97. The number of rotatable bonds is 5. The number of hydrogen-bond donors (Lipinski definition) is 2. The van der Waals surface area contributed by atoms with Gasteiger partial charge in [0.2, 0.25) is 15.9 Å². The molecular formula is C22H22N2O6S. The van der Waals surface area contributed by atoms with Crippen molar-refractivity contribution >= 4 is 32.4 Å². The molecule has 2 N–H and O–H groups in total. The molecule has 1 aliphatic heterocycles. The lowest BCUT2D eigenvalue weighted by atomic mass is 10.1. The maximum Gasteiger partial charge on any atom is 0.243 e. The van der Waals surface area contributed by atoms with E-state index in [0.717, 1.165) is 4.31 Å². The van der Waals surface area contributed by atoms with Crippen molar-refractivity contribution in [3.8, 4) is 17.2 Å². The first-order valence-corrected chi connectivity index (χ1v) is 11.2. The Morgan fingerprint density at radius 2 is 1.74 bits per heavy atom. The molecule has 0 fully saturated rings. The summed E-state index contributed by atoms with van der Waals surface area (Å²) >= 11 is 0. The number of aromatic hydroxyl groups is 1. The Kier molecular flexibility index (Phi) is 5.71. The summed E-state index contributed by atoms with van der Waals surface area (Å²) in [7, 11) is -2.58. The number of nitrogens with one attached hydrogen (secondary N) is 1. The largest absolute Gasteiger partial charge is 0.507 e. The number of amides is 1. The number of nitrogens with zero attached hydrogens (tertiary/aromatic N) is 1. The monoisotopic (exact) mass is 442 g/mol. The number of benzene rings is 3.